The van der Waals surface area contributed by atoms with Crippen LogP contribution < -0.4 is 10.6 Å². The van der Waals surface area contributed by atoms with E-state index in [0.29, 0.717) is 23.8 Å². The van der Waals surface area contributed by atoms with Crippen LogP contribution in [0, 0.1) is 11.5 Å². The molecule has 0 fully saturated rings. The predicted molar refractivity (Wildman–Crippen MR) is 108 cm³/mol. The summed E-state index contributed by atoms with van der Waals surface area (Å²) >= 11 is 12.1. The summed E-state index contributed by atoms with van der Waals surface area (Å²) in [5.74, 6) is -0.960. The number of halogens is 2. The number of nitriles is 1. The van der Waals surface area contributed by atoms with Gasteiger partial charge in [-0.1, -0.05) is 29.3 Å². The number of hydrogen-bond acceptors (Lipinski definition) is 5. The maximum atomic E-state index is 12.6. The molecule has 0 radical (unpaired) electrons. The lowest BCUT2D eigenvalue weighted by atomic mass is 10.3. The van der Waals surface area contributed by atoms with Crippen molar-refractivity contribution >= 4 is 46.6 Å². The molecular weight excluding hydrogens is 405 g/mol. The highest BCUT2D eigenvalue weighted by molar-refractivity contribution is 6.44. The Morgan fingerprint density at radius 2 is 2.07 bits per heavy atom. The molecule has 28 heavy (non-hydrogen) atoms. The molecule has 1 heterocycles. The fraction of sp³-hybridized carbons (Fsp3) is 0.294. The molecule has 0 aliphatic rings. The lowest BCUT2D eigenvalue weighted by Crippen LogP contribution is -2.32. The minimum Gasteiger partial charge on any atom is -0.503 e. The Morgan fingerprint density at radius 1 is 1.39 bits per heavy atom. The molecule has 0 unspecified atom stereocenters. The molecule has 1 aromatic carbocycles. The summed E-state index contributed by atoms with van der Waals surface area (Å²) < 4.78 is 1.24. The summed E-state index contributed by atoms with van der Waals surface area (Å²) in [5, 5.41) is 29.2. The van der Waals surface area contributed by atoms with Crippen LogP contribution in [0.15, 0.2) is 23.2 Å². The van der Waals surface area contributed by atoms with Crippen molar-refractivity contribution in [3.8, 4) is 11.9 Å². The van der Waals surface area contributed by atoms with Gasteiger partial charge in [-0.25, -0.2) is 0 Å². The van der Waals surface area contributed by atoms with Crippen LogP contribution in [0.2, 0.25) is 10.0 Å². The van der Waals surface area contributed by atoms with Gasteiger partial charge in [-0.3, -0.25) is 14.8 Å². The van der Waals surface area contributed by atoms with Crippen molar-refractivity contribution in [2.45, 2.75) is 13.8 Å². The Labute approximate surface area is 172 Å². The number of aryl methyl sites for hydroxylation is 1. The largest absolute Gasteiger partial charge is 0.503 e. The van der Waals surface area contributed by atoms with Gasteiger partial charge in [0, 0.05) is 20.1 Å². The third-order valence-corrected chi connectivity index (χ3v) is 4.67. The molecule has 0 saturated heterocycles. The van der Waals surface area contributed by atoms with Gasteiger partial charge < -0.3 is 15.3 Å². The van der Waals surface area contributed by atoms with Crippen LogP contribution >= 0.6 is 23.2 Å². The van der Waals surface area contributed by atoms with Crippen molar-refractivity contribution in [3.63, 3.8) is 0 Å². The zero-order valence-corrected chi connectivity index (χ0v) is 17.0. The second kappa shape index (κ2) is 9.30. The number of nitrogens with one attached hydrogen (secondary N) is 2. The molecular formula is C17H19Cl2N7O2. The number of aliphatic imine (C=N–C) groups is 1. The average Bonchev–Trinajstić information content (AvgIpc) is 2.93. The first kappa shape index (κ1) is 21.3. The Balaban J connectivity index is 2.43. The normalized spacial score (nSPS) is 11.1. The molecule has 0 aliphatic carbocycles. The second-order valence-electron chi connectivity index (χ2n) is 5.55. The van der Waals surface area contributed by atoms with Crippen molar-refractivity contribution in [2.24, 2.45) is 12.0 Å². The molecule has 148 valence electrons. The predicted octanol–water partition coefficient (Wildman–Crippen LogP) is 3.08. The van der Waals surface area contributed by atoms with Crippen LogP contribution in [0.3, 0.4) is 0 Å². The number of carbonyl (C=O) groups excluding carboxylic acids is 1. The van der Waals surface area contributed by atoms with Crippen LogP contribution in [-0.4, -0.2) is 44.7 Å². The maximum absolute atomic E-state index is 12.6. The Hall–Kier alpha value is -2.96. The number of carbonyl (C=O) groups is 1. The Bertz CT molecular complexity index is 946. The average molecular weight is 424 g/mol. The van der Waals surface area contributed by atoms with Crippen LogP contribution in [0.5, 0.6) is 5.75 Å². The fourth-order valence-electron chi connectivity index (χ4n) is 2.45. The van der Waals surface area contributed by atoms with Gasteiger partial charge in [-0.15, -0.1) is 5.10 Å². The van der Waals surface area contributed by atoms with Crippen molar-refractivity contribution < 1.29 is 9.90 Å². The van der Waals surface area contributed by atoms with Gasteiger partial charge in [-0.2, -0.15) is 10.3 Å². The highest BCUT2D eigenvalue weighted by atomic mass is 35.5. The molecule has 9 nitrogen and oxygen atoms in total. The van der Waals surface area contributed by atoms with E-state index in [1.165, 1.54) is 11.7 Å². The molecule has 0 bridgehead atoms. The zero-order valence-electron chi connectivity index (χ0n) is 15.5. The monoisotopic (exact) mass is 423 g/mol. The molecule has 1 amide bonds. The van der Waals surface area contributed by atoms with Crippen molar-refractivity contribution in [1.29, 1.82) is 5.26 Å². The van der Waals surface area contributed by atoms with E-state index in [1.54, 1.807) is 29.3 Å². The molecule has 11 heteroatoms. The number of guanidine groups is 1. The van der Waals surface area contributed by atoms with E-state index in [9.17, 15) is 9.90 Å². The Kier molecular flexibility index (Phi) is 7.09. The highest BCUT2D eigenvalue weighted by Crippen LogP contribution is 2.32. The van der Waals surface area contributed by atoms with Gasteiger partial charge in [0.15, 0.2) is 17.6 Å². The third-order valence-electron chi connectivity index (χ3n) is 3.85. The third kappa shape index (κ3) is 4.47. The van der Waals surface area contributed by atoms with Crippen LogP contribution in [-0.2, 0) is 7.05 Å². The number of rotatable bonds is 5. The highest BCUT2D eigenvalue weighted by Gasteiger charge is 2.25. The smallest absolute Gasteiger partial charge is 0.276 e. The minimum absolute atomic E-state index is 0.000421. The van der Waals surface area contributed by atoms with Crippen LogP contribution in [0.4, 0.5) is 11.5 Å². The lowest BCUT2D eigenvalue weighted by Gasteiger charge is -2.18. The van der Waals surface area contributed by atoms with Crippen molar-refractivity contribution in [1.82, 2.24) is 20.0 Å². The van der Waals surface area contributed by atoms with E-state index in [1.807, 2.05) is 13.8 Å². The first-order valence-electron chi connectivity index (χ1n) is 8.34. The van der Waals surface area contributed by atoms with Crippen molar-refractivity contribution in [2.75, 3.05) is 18.4 Å². The first-order valence-corrected chi connectivity index (χ1v) is 9.09. The SMILES string of the molecule is CCN(CC)C(=O)c1c(O)c(N=C(NC#N)Nc2cccc(Cl)c2Cl)nn1C. The number of benzene rings is 1. The van der Waals surface area contributed by atoms with Gasteiger partial charge in [-0.05, 0) is 26.0 Å². The van der Waals surface area contributed by atoms with E-state index < -0.39 is 5.75 Å². The maximum Gasteiger partial charge on any atom is 0.276 e. The van der Waals surface area contributed by atoms with E-state index in [-0.39, 0.29) is 28.4 Å². The topological polar surface area (TPSA) is 119 Å². The zero-order chi connectivity index (χ0) is 20.8. The number of amides is 1. The summed E-state index contributed by atoms with van der Waals surface area (Å²) in [6.45, 7) is 4.63. The van der Waals surface area contributed by atoms with E-state index in [4.69, 9.17) is 28.5 Å². The minimum atomic E-state index is -0.393. The number of nitrogens with zero attached hydrogens (tertiary/aromatic N) is 5. The van der Waals surface area contributed by atoms with Gasteiger partial charge in [0.2, 0.25) is 11.8 Å². The fourth-order valence-corrected chi connectivity index (χ4v) is 2.80. The molecule has 0 aliphatic heterocycles. The molecule has 0 spiro atoms. The first-order chi connectivity index (χ1) is 13.3. The summed E-state index contributed by atoms with van der Waals surface area (Å²) in [5.41, 5.74) is 0.394. The van der Waals surface area contributed by atoms with E-state index in [2.05, 4.69) is 20.7 Å². The van der Waals surface area contributed by atoms with Gasteiger partial charge in [0.25, 0.3) is 5.91 Å². The number of aromatic nitrogens is 2. The Morgan fingerprint density at radius 3 is 2.68 bits per heavy atom. The summed E-state index contributed by atoms with van der Waals surface area (Å²) in [7, 11) is 1.52. The molecule has 3 N–H and O–H groups in total. The second-order valence-corrected chi connectivity index (χ2v) is 6.33. The lowest BCUT2D eigenvalue weighted by molar-refractivity contribution is 0.0759. The van der Waals surface area contributed by atoms with Crippen molar-refractivity contribution in [3.05, 3.63) is 33.9 Å². The molecule has 2 aromatic rings. The number of hydrogen-bond donors (Lipinski definition) is 3. The standard InChI is InChI=1S/C17H19Cl2N7O2/c1-4-26(5-2)16(28)13-14(27)15(24-25(13)3)23-17(21-9-20)22-11-8-6-7-10(18)12(11)19/h6-8,27H,4-5H2,1-3H3,(H2,21,22,23,24). The molecule has 2 rings (SSSR count). The number of anilines is 1. The van der Waals surface area contributed by atoms with E-state index in [0.717, 1.165) is 0 Å². The summed E-state index contributed by atoms with van der Waals surface area (Å²) in [4.78, 5) is 18.2. The summed E-state index contributed by atoms with van der Waals surface area (Å²) in [6, 6.07) is 4.91. The summed E-state index contributed by atoms with van der Waals surface area (Å²) in [6.07, 6.45) is 1.73. The molecule has 1 aromatic heterocycles. The number of aromatic hydroxyl groups is 1. The molecule has 0 atom stereocenters. The van der Waals surface area contributed by atoms with Gasteiger partial charge in [0.05, 0.1) is 15.7 Å². The van der Waals surface area contributed by atoms with E-state index >= 15 is 0 Å². The quantitative estimate of drug-likeness (QED) is 0.294. The molecule has 0 saturated carbocycles. The van der Waals surface area contributed by atoms with Crippen LogP contribution in [0.25, 0.3) is 0 Å². The van der Waals surface area contributed by atoms with Crippen LogP contribution in [0.1, 0.15) is 24.3 Å². The van der Waals surface area contributed by atoms with Gasteiger partial charge >= 0.3 is 0 Å². The van der Waals surface area contributed by atoms with Gasteiger partial charge in [0.1, 0.15) is 0 Å².